The summed E-state index contributed by atoms with van der Waals surface area (Å²) in [6.45, 7) is 6.67. The first-order valence-electron chi connectivity index (χ1n) is 5.09. The van der Waals surface area contributed by atoms with Crippen molar-refractivity contribution in [3.8, 4) is 0 Å². The van der Waals surface area contributed by atoms with Gasteiger partial charge in [0.05, 0.1) is 0 Å². The van der Waals surface area contributed by atoms with Crippen molar-refractivity contribution in [2.75, 3.05) is 13.1 Å². The molecule has 0 unspecified atom stereocenters. The van der Waals surface area contributed by atoms with Gasteiger partial charge in [0.25, 0.3) is 0 Å². The molecular formula is C8H19F2N2PSi. The van der Waals surface area contributed by atoms with E-state index in [0.717, 1.165) is 19.3 Å². The van der Waals surface area contributed by atoms with Crippen molar-refractivity contribution in [3.05, 3.63) is 0 Å². The summed E-state index contributed by atoms with van der Waals surface area (Å²) in [5.41, 5.74) is 0. The quantitative estimate of drug-likeness (QED) is 0.522. The van der Waals surface area contributed by atoms with E-state index in [-0.39, 0.29) is 0 Å². The lowest BCUT2D eigenvalue weighted by Crippen LogP contribution is -2.26. The molecule has 1 heterocycles. The highest BCUT2D eigenvalue weighted by atomic mass is 31.2. The molecule has 1 fully saturated rings. The average molecular weight is 240 g/mol. The maximum absolute atomic E-state index is 13.7. The molecule has 1 rings (SSSR count). The van der Waals surface area contributed by atoms with E-state index in [1.165, 1.54) is 4.67 Å². The molecule has 6 heteroatoms. The Balaban J connectivity index is 2.77. The Morgan fingerprint density at radius 2 is 1.57 bits per heavy atom. The first-order valence-corrected chi connectivity index (χ1v) is 10.0. The van der Waals surface area contributed by atoms with Gasteiger partial charge in [-0.25, -0.2) is 4.67 Å². The van der Waals surface area contributed by atoms with Crippen LogP contribution in [0, 0.1) is 0 Å². The van der Waals surface area contributed by atoms with Gasteiger partial charge in [-0.2, -0.15) is 8.39 Å². The molecule has 0 radical (unpaired) electrons. The van der Waals surface area contributed by atoms with Crippen LogP contribution in [0.4, 0.5) is 8.39 Å². The third-order valence-electron chi connectivity index (χ3n) is 2.09. The lowest BCUT2D eigenvalue weighted by atomic mass is 10.2. The Hall–Kier alpha value is 0.267. The largest absolute Gasteiger partial charge is 0.359 e. The van der Waals surface area contributed by atoms with Gasteiger partial charge in [-0.15, -0.1) is 0 Å². The fourth-order valence-corrected chi connectivity index (χ4v) is 5.70. The molecule has 0 aliphatic carbocycles. The highest BCUT2D eigenvalue weighted by Gasteiger charge is 2.31. The summed E-state index contributed by atoms with van der Waals surface area (Å²) >= 11 is 0. The van der Waals surface area contributed by atoms with Crippen LogP contribution < -0.4 is 0 Å². The lowest BCUT2D eigenvalue weighted by Gasteiger charge is -2.29. The maximum atomic E-state index is 13.7. The second kappa shape index (κ2) is 4.41. The van der Waals surface area contributed by atoms with Crippen LogP contribution in [-0.4, -0.2) is 26.0 Å². The second-order valence-electron chi connectivity index (χ2n) is 4.74. The van der Waals surface area contributed by atoms with Crippen molar-refractivity contribution in [3.63, 3.8) is 0 Å². The molecule has 0 spiro atoms. The number of nitrogens with zero attached hydrogens (tertiary/aromatic N) is 2. The fourth-order valence-electron chi connectivity index (χ4n) is 1.54. The summed E-state index contributed by atoms with van der Waals surface area (Å²) in [6, 6.07) is 0. The standard InChI is InChI=1S/C8H19F2N2PSi/c1-14(2,3)11-13(9,10)12-7-5-4-6-8-12/h4-8H2,1-3H3. The van der Waals surface area contributed by atoms with Crippen LogP contribution in [0.1, 0.15) is 19.3 Å². The molecular weight excluding hydrogens is 221 g/mol. The number of halogens is 2. The molecule has 84 valence electrons. The summed E-state index contributed by atoms with van der Waals surface area (Å²) in [4.78, 5) is 0. The van der Waals surface area contributed by atoms with Crippen LogP contribution in [0.3, 0.4) is 0 Å². The number of hydrogen-bond acceptors (Lipinski definition) is 1. The van der Waals surface area contributed by atoms with Crippen LogP contribution >= 0.6 is 7.83 Å². The van der Waals surface area contributed by atoms with Crippen molar-refractivity contribution >= 4 is 16.1 Å². The molecule has 2 nitrogen and oxygen atoms in total. The zero-order valence-electron chi connectivity index (χ0n) is 9.13. The Bertz CT molecular complexity index is 240. The first-order chi connectivity index (χ1) is 6.31. The number of piperidine rings is 1. The van der Waals surface area contributed by atoms with Gasteiger partial charge in [-0.1, -0.05) is 6.42 Å². The molecule has 0 aromatic rings. The van der Waals surface area contributed by atoms with Crippen molar-refractivity contribution in [1.29, 1.82) is 0 Å². The molecule has 1 aliphatic heterocycles. The minimum absolute atomic E-state index is 0.536. The predicted molar refractivity (Wildman–Crippen MR) is 60.3 cm³/mol. The zero-order chi connectivity index (χ0) is 10.8. The van der Waals surface area contributed by atoms with Gasteiger partial charge in [0.2, 0.25) is 0 Å². The van der Waals surface area contributed by atoms with Gasteiger partial charge in [0.1, 0.15) is 0 Å². The van der Waals surface area contributed by atoms with Crippen molar-refractivity contribution in [2.45, 2.75) is 38.9 Å². The van der Waals surface area contributed by atoms with Gasteiger partial charge in [0, 0.05) is 13.1 Å². The first kappa shape index (κ1) is 12.3. The summed E-state index contributed by atoms with van der Waals surface area (Å²) < 4.78 is 32.6. The molecule has 0 aromatic carbocycles. The summed E-state index contributed by atoms with van der Waals surface area (Å²) in [7, 11) is -6.11. The van der Waals surface area contributed by atoms with Gasteiger partial charge in [-0.05, 0) is 32.5 Å². The molecule has 1 saturated heterocycles. The third kappa shape index (κ3) is 3.79. The van der Waals surface area contributed by atoms with E-state index in [2.05, 4.69) is 4.41 Å². The Labute approximate surface area is 86.1 Å². The van der Waals surface area contributed by atoms with Gasteiger partial charge in [0.15, 0.2) is 8.24 Å². The smallest absolute Gasteiger partial charge is 0.272 e. The summed E-state index contributed by atoms with van der Waals surface area (Å²) in [5.74, 6) is 0. The molecule has 0 atom stereocenters. The number of hydrogen-bond donors (Lipinski definition) is 0. The van der Waals surface area contributed by atoms with Crippen LogP contribution in [0.25, 0.3) is 0 Å². The van der Waals surface area contributed by atoms with Crippen molar-refractivity contribution < 1.29 is 8.39 Å². The molecule has 0 saturated carbocycles. The second-order valence-corrected chi connectivity index (χ2v) is 11.4. The zero-order valence-corrected chi connectivity index (χ0v) is 11.0. The highest BCUT2D eigenvalue weighted by Crippen LogP contribution is 2.58. The Morgan fingerprint density at radius 3 is 2.00 bits per heavy atom. The van der Waals surface area contributed by atoms with E-state index < -0.39 is 16.1 Å². The molecule has 0 bridgehead atoms. The fraction of sp³-hybridized carbons (Fsp3) is 1.00. The molecule has 1 aliphatic rings. The molecule has 0 aromatic heterocycles. The SMILES string of the molecule is C[Si](C)(C)N=P(F)(F)N1CCCCC1. The lowest BCUT2D eigenvalue weighted by molar-refractivity contribution is 0.335. The minimum atomic E-state index is -4.12. The van der Waals surface area contributed by atoms with Crippen LogP contribution in [0.2, 0.25) is 19.6 Å². The van der Waals surface area contributed by atoms with Crippen molar-refractivity contribution in [1.82, 2.24) is 4.67 Å². The van der Waals surface area contributed by atoms with E-state index in [1.54, 1.807) is 0 Å². The Morgan fingerprint density at radius 1 is 1.07 bits per heavy atom. The molecule has 14 heavy (non-hydrogen) atoms. The van der Waals surface area contributed by atoms with E-state index in [0.29, 0.717) is 13.1 Å². The van der Waals surface area contributed by atoms with Gasteiger partial charge >= 0.3 is 7.83 Å². The minimum Gasteiger partial charge on any atom is -0.272 e. The van der Waals surface area contributed by atoms with E-state index in [4.69, 9.17) is 0 Å². The monoisotopic (exact) mass is 240 g/mol. The highest BCUT2D eigenvalue weighted by molar-refractivity contribution is 7.54. The topological polar surface area (TPSA) is 15.6 Å². The predicted octanol–water partition coefficient (Wildman–Crippen LogP) is 4.19. The van der Waals surface area contributed by atoms with Crippen molar-refractivity contribution in [2.24, 2.45) is 4.41 Å². The van der Waals surface area contributed by atoms with E-state index >= 15 is 0 Å². The van der Waals surface area contributed by atoms with Gasteiger partial charge in [-0.3, -0.25) is 4.41 Å². The Kier molecular flexibility index (Phi) is 3.89. The van der Waals surface area contributed by atoms with Gasteiger partial charge < -0.3 is 0 Å². The molecule has 0 N–H and O–H groups in total. The molecule has 0 amide bonds. The summed E-state index contributed by atoms with van der Waals surface area (Å²) in [6.07, 6.45) is 2.89. The normalized spacial score (nSPS) is 20.9. The van der Waals surface area contributed by atoms with E-state index in [1.807, 2.05) is 19.6 Å². The third-order valence-corrected chi connectivity index (χ3v) is 6.54. The summed E-state index contributed by atoms with van der Waals surface area (Å²) in [5, 5.41) is 0. The van der Waals surface area contributed by atoms with Crippen LogP contribution in [0.15, 0.2) is 4.41 Å². The number of rotatable bonds is 2. The van der Waals surface area contributed by atoms with E-state index in [9.17, 15) is 8.39 Å². The maximum Gasteiger partial charge on any atom is 0.359 e. The average Bonchev–Trinajstić information content (AvgIpc) is 2.01. The van der Waals surface area contributed by atoms with Crippen LogP contribution in [0.5, 0.6) is 0 Å². The van der Waals surface area contributed by atoms with Crippen LogP contribution in [-0.2, 0) is 0 Å².